The third-order valence-electron chi connectivity index (χ3n) is 3.53. The second-order valence-corrected chi connectivity index (χ2v) is 5.45. The number of nitrogens with zero attached hydrogens (tertiary/aromatic N) is 1. The molecule has 4 nitrogen and oxygen atoms in total. The van der Waals surface area contributed by atoms with Crippen LogP contribution in [0.4, 0.5) is 0 Å². The van der Waals surface area contributed by atoms with E-state index < -0.39 is 0 Å². The second kappa shape index (κ2) is 6.55. The fraction of sp³-hybridized carbons (Fsp3) is 0.500. The molecule has 108 valence electrons. The molecule has 0 bridgehead atoms. The van der Waals surface area contributed by atoms with Crippen molar-refractivity contribution >= 4 is 11.9 Å². The number of amides is 1. The van der Waals surface area contributed by atoms with Crippen molar-refractivity contribution in [2.75, 3.05) is 13.1 Å². The highest BCUT2D eigenvalue weighted by molar-refractivity contribution is 5.89. The van der Waals surface area contributed by atoms with Gasteiger partial charge in [0, 0.05) is 31.8 Å². The summed E-state index contributed by atoms with van der Waals surface area (Å²) in [6.07, 6.45) is 1.35. The number of carbonyl (C=O) groups is 2. The Balaban J connectivity index is 1.83. The predicted molar refractivity (Wildman–Crippen MR) is 76.3 cm³/mol. The molecule has 1 aliphatic heterocycles. The van der Waals surface area contributed by atoms with E-state index in [9.17, 15) is 9.59 Å². The first kappa shape index (κ1) is 14.6. The van der Waals surface area contributed by atoms with Crippen LogP contribution >= 0.6 is 0 Å². The fourth-order valence-electron chi connectivity index (χ4n) is 2.35. The Morgan fingerprint density at radius 3 is 2.30 bits per heavy atom. The van der Waals surface area contributed by atoms with Crippen molar-refractivity contribution in [1.82, 2.24) is 4.90 Å². The molecule has 1 amide bonds. The van der Waals surface area contributed by atoms with Gasteiger partial charge in [-0.15, -0.1) is 0 Å². The number of ether oxygens (including phenoxy) is 1. The van der Waals surface area contributed by atoms with E-state index in [4.69, 9.17) is 4.74 Å². The summed E-state index contributed by atoms with van der Waals surface area (Å²) in [5.74, 6) is -0.0736. The third-order valence-corrected chi connectivity index (χ3v) is 3.53. The van der Waals surface area contributed by atoms with E-state index in [1.807, 2.05) is 36.9 Å². The predicted octanol–water partition coefficient (Wildman–Crippen LogP) is 2.49. The normalized spacial score (nSPS) is 16.2. The molecule has 1 aliphatic rings. The Hall–Kier alpha value is -1.84. The molecule has 0 atom stereocenters. The number of rotatable bonds is 3. The first-order chi connectivity index (χ1) is 9.58. The minimum absolute atomic E-state index is 0.0263. The Bertz CT molecular complexity index is 462. The molecule has 20 heavy (non-hydrogen) atoms. The molecule has 2 rings (SSSR count). The number of hydrogen-bond acceptors (Lipinski definition) is 3. The van der Waals surface area contributed by atoms with E-state index in [0.29, 0.717) is 18.7 Å². The lowest BCUT2D eigenvalue weighted by molar-refractivity contribution is -0.136. The van der Waals surface area contributed by atoms with Gasteiger partial charge in [-0.05, 0) is 12.1 Å². The standard InChI is InChI=1S/C16H21NO3/c1-12(2)15(18)17-10-8-14(9-11-17)20-16(19)13-6-4-3-5-7-13/h3-7,12,14H,8-11H2,1-2H3. The summed E-state index contributed by atoms with van der Waals surface area (Å²) < 4.78 is 5.49. The summed E-state index contributed by atoms with van der Waals surface area (Å²) in [6, 6.07) is 9.01. The van der Waals surface area contributed by atoms with Crippen molar-refractivity contribution in [3.8, 4) is 0 Å². The van der Waals surface area contributed by atoms with Gasteiger partial charge < -0.3 is 9.64 Å². The molecule has 1 aromatic carbocycles. The molecule has 1 saturated heterocycles. The molecule has 0 aromatic heterocycles. The summed E-state index contributed by atoms with van der Waals surface area (Å²) in [7, 11) is 0. The first-order valence-electron chi connectivity index (χ1n) is 7.12. The minimum atomic E-state index is -0.278. The fourth-order valence-corrected chi connectivity index (χ4v) is 2.35. The molecule has 0 unspecified atom stereocenters. The topological polar surface area (TPSA) is 46.6 Å². The van der Waals surface area contributed by atoms with Crippen molar-refractivity contribution in [2.45, 2.75) is 32.8 Å². The third kappa shape index (κ3) is 3.59. The Labute approximate surface area is 119 Å². The summed E-state index contributed by atoms with van der Waals surface area (Å²) >= 11 is 0. The quantitative estimate of drug-likeness (QED) is 0.796. The number of carbonyl (C=O) groups excluding carboxylic acids is 2. The summed E-state index contributed by atoms with van der Waals surface area (Å²) in [5, 5.41) is 0. The van der Waals surface area contributed by atoms with Crippen LogP contribution < -0.4 is 0 Å². The number of benzene rings is 1. The SMILES string of the molecule is CC(C)C(=O)N1CCC(OC(=O)c2ccccc2)CC1. The lowest BCUT2D eigenvalue weighted by atomic mass is 10.1. The van der Waals surface area contributed by atoms with Crippen LogP contribution in [0.1, 0.15) is 37.0 Å². The molecule has 1 heterocycles. The van der Waals surface area contributed by atoms with Gasteiger partial charge in [0.25, 0.3) is 0 Å². The van der Waals surface area contributed by atoms with Crippen LogP contribution in [-0.4, -0.2) is 36.0 Å². The zero-order valence-corrected chi connectivity index (χ0v) is 12.0. The van der Waals surface area contributed by atoms with Crippen LogP contribution in [0, 0.1) is 5.92 Å². The molecule has 0 N–H and O–H groups in total. The van der Waals surface area contributed by atoms with E-state index in [0.717, 1.165) is 12.8 Å². The monoisotopic (exact) mass is 275 g/mol. The average molecular weight is 275 g/mol. The van der Waals surface area contributed by atoms with Crippen molar-refractivity contribution in [1.29, 1.82) is 0 Å². The number of piperidine rings is 1. The maximum absolute atomic E-state index is 11.9. The largest absolute Gasteiger partial charge is 0.459 e. The van der Waals surface area contributed by atoms with Gasteiger partial charge in [-0.1, -0.05) is 32.0 Å². The highest BCUT2D eigenvalue weighted by Crippen LogP contribution is 2.17. The van der Waals surface area contributed by atoms with Gasteiger partial charge in [-0.3, -0.25) is 4.79 Å². The Kier molecular flexibility index (Phi) is 4.77. The van der Waals surface area contributed by atoms with Crippen molar-refractivity contribution in [3.05, 3.63) is 35.9 Å². The zero-order valence-electron chi connectivity index (χ0n) is 12.0. The lowest BCUT2D eigenvalue weighted by Crippen LogP contribution is -2.43. The van der Waals surface area contributed by atoms with Gasteiger partial charge in [0.1, 0.15) is 6.10 Å². The molecule has 0 radical (unpaired) electrons. The van der Waals surface area contributed by atoms with E-state index in [2.05, 4.69) is 0 Å². The highest BCUT2D eigenvalue weighted by Gasteiger charge is 2.26. The molecule has 0 aliphatic carbocycles. The van der Waals surface area contributed by atoms with Gasteiger partial charge >= 0.3 is 5.97 Å². The van der Waals surface area contributed by atoms with E-state index in [1.54, 1.807) is 12.1 Å². The van der Waals surface area contributed by atoms with Crippen LogP contribution in [0.3, 0.4) is 0 Å². The average Bonchev–Trinajstić information content (AvgIpc) is 2.48. The van der Waals surface area contributed by atoms with Gasteiger partial charge in [0.15, 0.2) is 0 Å². The van der Waals surface area contributed by atoms with Crippen LogP contribution in [0.2, 0.25) is 0 Å². The Morgan fingerprint density at radius 1 is 1.15 bits per heavy atom. The number of esters is 1. The molecule has 1 fully saturated rings. The number of likely N-dealkylation sites (tertiary alicyclic amines) is 1. The summed E-state index contributed by atoms with van der Waals surface area (Å²) in [5.41, 5.74) is 0.577. The molecule has 0 spiro atoms. The molecule has 0 saturated carbocycles. The first-order valence-corrected chi connectivity index (χ1v) is 7.12. The van der Waals surface area contributed by atoms with Crippen molar-refractivity contribution < 1.29 is 14.3 Å². The zero-order chi connectivity index (χ0) is 14.5. The van der Waals surface area contributed by atoms with E-state index in [-0.39, 0.29) is 23.9 Å². The Morgan fingerprint density at radius 2 is 1.75 bits per heavy atom. The smallest absolute Gasteiger partial charge is 0.338 e. The minimum Gasteiger partial charge on any atom is -0.459 e. The molecular weight excluding hydrogens is 254 g/mol. The van der Waals surface area contributed by atoms with Gasteiger partial charge in [-0.2, -0.15) is 0 Å². The molecule has 4 heteroatoms. The maximum atomic E-state index is 11.9. The van der Waals surface area contributed by atoms with Crippen molar-refractivity contribution in [3.63, 3.8) is 0 Å². The van der Waals surface area contributed by atoms with Gasteiger partial charge in [-0.25, -0.2) is 4.79 Å². The van der Waals surface area contributed by atoms with Crippen LogP contribution in [0.25, 0.3) is 0 Å². The van der Waals surface area contributed by atoms with Gasteiger partial charge in [0.2, 0.25) is 5.91 Å². The highest BCUT2D eigenvalue weighted by atomic mass is 16.5. The lowest BCUT2D eigenvalue weighted by Gasteiger charge is -2.32. The number of hydrogen-bond donors (Lipinski definition) is 0. The van der Waals surface area contributed by atoms with Crippen molar-refractivity contribution in [2.24, 2.45) is 5.92 Å². The van der Waals surface area contributed by atoms with E-state index >= 15 is 0 Å². The van der Waals surface area contributed by atoms with Crippen LogP contribution in [0.15, 0.2) is 30.3 Å². The van der Waals surface area contributed by atoms with Crippen LogP contribution in [0.5, 0.6) is 0 Å². The van der Waals surface area contributed by atoms with Crippen LogP contribution in [-0.2, 0) is 9.53 Å². The summed E-state index contributed by atoms with van der Waals surface area (Å²) in [4.78, 5) is 25.7. The summed E-state index contributed by atoms with van der Waals surface area (Å²) in [6.45, 7) is 5.15. The van der Waals surface area contributed by atoms with E-state index in [1.165, 1.54) is 0 Å². The molecular formula is C16H21NO3. The second-order valence-electron chi connectivity index (χ2n) is 5.45. The molecule has 1 aromatic rings. The van der Waals surface area contributed by atoms with Gasteiger partial charge in [0.05, 0.1) is 5.56 Å². The maximum Gasteiger partial charge on any atom is 0.338 e.